The van der Waals surface area contributed by atoms with Crippen LogP contribution in [0.25, 0.3) is 0 Å². The molecule has 2 rings (SSSR count). The summed E-state index contributed by atoms with van der Waals surface area (Å²) in [4.78, 5) is 0.239. The number of hydrogen-bond acceptors (Lipinski definition) is 4. The van der Waals surface area contributed by atoms with Crippen LogP contribution in [0.5, 0.6) is 5.75 Å². The van der Waals surface area contributed by atoms with E-state index < -0.39 is 10.0 Å². The minimum atomic E-state index is -3.57. The van der Waals surface area contributed by atoms with Gasteiger partial charge in [0.2, 0.25) is 0 Å². The van der Waals surface area contributed by atoms with Crippen molar-refractivity contribution in [3.63, 3.8) is 0 Å². The molecule has 5 nitrogen and oxygen atoms in total. The second-order valence-corrected chi connectivity index (χ2v) is 6.82. The van der Waals surface area contributed by atoms with E-state index in [1.807, 2.05) is 6.92 Å². The zero-order chi connectivity index (χ0) is 16.7. The lowest BCUT2D eigenvalue weighted by Crippen LogP contribution is -2.12. The van der Waals surface area contributed by atoms with Gasteiger partial charge in [0.05, 0.1) is 11.5 Å². The largest absolute Gasteiger partial charge is 0.494 e. The van der Waals surface area contributed by atoms with Crippen LogP contribution in [0.2, 0.25) is 0 Å². The van der Waals surface area contributed by atoms with E-state index in [1.165, 1.54) is 0 Å². The lowest BCUT2D eigenvalue weighted by atomic mass is 10.2. The number of methoxy groups -OCH3 is 1. The first kappa shape index (κ1) is 17.3. The Labute approximate surface area is 137 Å². The van der Waals surface area contributed by atoms with Crippen molar-refractivity contribution in [1.82, 2.24) is 0 Å². The van der Waals surface area contributed by atoms with Gasteiger partial charge in [-0.1, -0.05) is 17.7 Å². The van der Waals surface area contributed by atoms with Crippen molar-refractivity contribution >= 4 is 15.7 Å². The molecule has 0 aromatic heterocycles. The average molecular weight is 335 g/mol. The highest BCUT2D eigenvalue weighted by Crippen LogP contribution is 2.20. The zero-order valence-corrected chi connectivity index (χ0v) is 14.1. The summed E-state index contributed by atoms with van der Waals surface area (Å²) < 4.78 is 37.6. The molecule has 0 amide bonds. The Balaban J connectivity index is 1.98. The molecule has 0 unspecified atom stereocenters. The lowest BCUT2D eigenvalue weighted by molar-refractivity contribution is 0.172. The Morgan fingerprint density at radius 1 is 0.957 bits per heavy atom. The van der Waals surface area contributed by atoms with E-state index in [9.17, 15) is 8.42 Å². The summed E-state index contributed by atoms with van der Waals surface area (Å²) in [5.41, 5.74) is 1.51. The molecule has 23 heavy (non-hydrogen) atoms. The first-order chi connectivity index (χ1) is 11.0. The van der Waals surface area contributed by atoms with Gasteiger partial charge in [0.25, 0.3) is 10.0 Å². The van der Waals surface area contributed by atoms with E-state index in [0.717, 1.165) is 12.0 Å². The standard InChI is InChI=1S/C17H21NO4S/c1-14-4-10-17(11-5-14)23(19,20)18-15-6-8-16(9-7-15)22-13-3-12-21-2/h4-11,18H,3,12-13H2,1-2H3. The Morgan fingerprint density at radius 2 is 1.61 bits per heavy atom. The summed E-state index contributed by atoms with van der Waals surface area (Å²) in [5.74, 6) is 0.694. The highest BCUT2D eigenvalue weighted by atomic mass is 32.2. The third-order valence-electron chi connectivity index (χ3n) is 3.20. The SMILES string of the molecule is COCCCOc1ccc(NS(=O)(=O)c2ccc(C)cc2)cc1. The molecule has 0 spiro atoms. The maximum atomic E-state index is 12.3. The quantitative estimate of drug-likeness (QED) is 0.752. The molecule has 0 fully saturated rings. The van der Waals surface area contributed by atoms with Gasteiger partial charge in [0.15, 0.2) is 0 Å². The Bertz CT molecular complexity index is 709. The summed E-state index contributed by atoms with van der Waals surface area (Å²) in [7, 11) is -1.93. The van der Waals surface area contributed by atoms with E-state index >= 15 is 0 Å². The van der Waals surface area contributed by atoms with Crippen molar-refractivity contribution in [3.8, 4) is 5.75 Å². The number of ether oxygens (including phenoxy) is 2. The van der Waals surface area contributed by atoms with Crippen LogP contribution < -0.4 is 9.46 Å². The van der Waals surface area contributed by atoms with E-state index in [2.05, 4.69) is 4.72 Å². The first-order valence-electron chi connectivity index (χ1n) is 7.32. The molecule has 2 aromatic rings. The highest BCUT2D eigenvalue weighted by Gasteiger charge is 2.13. The molecule has 2 aromatic carbocycles. The van der Waals surface area contributed by atoms with Crippen LogP contribution in [-0.4, -0.2) is 28.7 Å². The molecule has 0 aliphatic carbocycles. The lowest BCUT2D eigenvalue weighted by Gasteiger charge is -2.10. The number of anilines is 1. The summed E-state index contributed by atoms with van der Waals surface area (Å²) in [6.07, 6.45) is 0.804. The van der Waals surface area contributed by atoms with Crippen molar-refractivity contribution in [1.29, 1.82) is 0 Å². The minimum absolute atomic E-state index is 0.239. The molecule has 0 atom stereocenters. The summed E-state index contributed by atoms with van der Waals surface area (Å²) >= 11 is 0. The van der Waals surface area contributed by atoms with Gasteiger partial charge in [-0.2, -0.15) is 0 Å². The van der Waals surface area contributed by atoms with E-state index in [-0.39, 0.29) is 4.90 Å². The molecule has 0 aliphatic rings. The monoisotopic (exact) mass is 335 g/mol. The zero-order valence-electron chi connectivity index (χ0n) is 13.3. The van der Waals surface area contributed by atoms with Gasteiger partial charge in [0.1, 0.15) is 5.75 Å². The third kappa shape index (κ3) is 5.26. The average Bonchev–Trinajstić information content (AvgIpc) is 2.53. The van der Waals surface area contributed by atoms with Crippen molar-refractivity contribution in [3.05, 3.63) is 54.1 Å². The van der Waals surface area contributed by atoms with E-state index in [0.29, 0.717) is 24.7 Å². The molecule has 0 aliphatic heterocycles. The molecular weight excluding hydrogens is 314 g/mol. The molecule has 124 valence electrons. The second kappa shape index (κ2) is 7.99. The van der Waals surface area contributed by atoms with Crippen LogP contribution >= 0.6 is 0 Å². The number of hydrogen-bond donors (Lipinski definition) is 1. The maximum Gasteiger partial charge on any atom is 0.261 e. The molecule has 0 radical (unpaired) electrons. The molecule has 0 saturated carbocycles. The van der Waals surface area contributed by atoms with Crippen molar-refractivity contribution in [2.45, 2.75) is 18.2 Å². The fourth-order valence-electron chi connectivity index (χ4n) is 1.94. The van der Waals surface area contributed by atoms with Crippen molar-refractivity contribution in [2.75, 3.05) is 25.0 Å². The molecule has 0 bridgehead atoms. The minimum Gasteiger partial charge on any atom is -0.494 e. The van der Waals surface area contributed by atoms with Gasteiger partial charge >= 0.3 is 0 Å². The van der Waals surface area contributed by atoms with Crippen LogP contribution in [0, 0.1) is 6.92 Å². The van der Waals surface area contributed by atoms with Gasteiger partial charge in [-0.15, -0.1) is 0 Å². The van der Waals surface area contributed by atoms with Crippen molar-refractivity contribution < 1.29 is 17.9 Å². The number of benzene rings is 2. The fourth-order valence-corrected chi connectivity index (χ4v) is 3.00. The van der Waals surface area contributed by atoms with Crippen molar-refractivity contribution in [2.24, 2.45) is 0 Å². The summed E-state index contributed by atoms with van der Waals surface area (Å²) in [6.45, 7) is 3.12. The number of rotatable bonds is 8. The highest BCUT2D eigenvalue weighted by molar-refractivity contribution is 7.92. The van der Waals surface area contributed by atoms with Gasteiger partial charge < -0.3 is 9.47 Å². The van der Waals surface area contributed by atoms with Gasteiger partial charge in [-0.25, -0.2) is 8.42 Å². The van der Waals surface area contributed by atoms with E-state index in [1.54, 1.807) is 55.6 Å². The topological polar surface area (TPSA) is 64.6 Å². The van der Waals surface area contributed by atoms with Crippen LogP contribution in [-0.2, 0) is 14.8 Å². The molecule has 0 heterocycles. The number of nitrogens with one attached hydrogen (secondary N) is 1. The maximum absolute atomic E-state index is 12.3. The predicted molar refractivity (Wildman–Crippen MR) is 90.4 cm³/mol. The smallest absolute Gasteiger partial charge is 0.261 e. The fraction of sp³-hybridized carbons (Fsp3) is 0.294. The number of sulfonamides is 1. The Hall–Kier alpha value is -2.05. The van der Waals surface area contributed by atoms with Crippen LogP contribution in [0.15, 0.2) is 53.4 Å². The Morgan fingerprint density at radius 3 is 2.22 bits per heavy atom. The van der Waals surface area contributed by atoms with Gasteiger partial charge in [-0.05, 0) is 43.3 Å². The van der Waals surface area contributed by atoms with E-state index in [4.69, 9.17) is 9.47 Å². The normalized spacial score (nSPS) is 11.2. The summed E-state index contributed by atoms with van der Waals surface area (Å²) in [6, 6.07) is 13.5. The van der Waals surface area contributed by atoms with Crippen LogP contribution in [0.4, 0.5) is 5.69 Å². The molecule has 0 saturated heterocycles. The third-order valence-corrected chi connectivity index (χ3v) is 4.60. The molecule has 6 heteroatoms. The molecule has 1 N–H and O–H groups in total. The van der Waals surface area contributed by atoms with Crippen LogP contribution in [0.1, 0.15) is 12.0 Å². The molecular formula is C17H21NO4S. The predicted octanol–water partition coefficient (Wildman–Crippen LogP) is 3.21. The van der Waals surface area contributed by atoms with Crippen LogP contribution in [0.3, 0.4) is 0 Å². The van der Waals surface area contributed by atoms with Gasteiger partial charge in [-0.3, -0.25) is 4.72 Å². The van der Waals surface area contributed by atoms with Gasteiger partial charge in [0, 0.05) is 25.8 Å². The summed E-state index contributed by atoms with van der Waals surface area (Å²) in [5, 5.41) is 0. The number of aryl methyl sites for hydroxylation is 1. The Kier molecular flexibility index (Phi) is 6.01. The second-order valence-electron chi connectivity index (χ2n) is 5.14. The first-order valence-corrected chi connectivity index (χ1v) is 8.81.